The molecule has 0 saturated heterocycles. The molecule has 0 aliphatic carbocycles. The maximum atomic E-state index is 12.0. The second-order valence-corrected chi connectivity index (χ2v) is 5.63. The van der Waals surface area contributed by atoms with Crippen LogP contribution >= 0.6 is 0 Å². The third kappa shape index (κ3) is 3.32. The normalized spacial score (nSPS) is 12.6. The van der Waals surface area contributed by atoms with Crippen LogP contribution in [0.1, 0.15) is 10.6 Å². The van der Waals surface area contributed by atoms with E-state index in [9.17, 15) is 9.59 Å². The molecule has 0 fully saturated rings. The number of esters is 1. The van der Waals surface area contributed by atoms with E-state index in [1.54, 1.807) is 30.3 Å². The number of ether oxygens (including phenoxy) is 3. The van der Waals surface area contributed by atoms with Crippen molar-refractivity contribution < 1.29 is 28.2 Å². The van der Waals surface area contributed by atoms with Gasteiger partial charge in [0.25, 0.3) is 5.91 Å². The van der Waals surface area contributed by atoms with Crippen molar-refractivity contribution in [2.75, 3.05) is 25.1 Å². The molecule has 7 nitrogen and oxygen atoms in total. The Morgan fingerprint density at radius 3 is 2.65 bits per heavy atom. The van der Waals surface area contributed by atoms with E-state index < -0.39 is 18.5 Å². The van der Waals surface area contributed by atoms with Crippen LogP contribution in [0.4, 0.5) is 5.69 Å². The van der Waals surface area contributed by atoms with Crippen LogP contribution in [0.15, 0.2) is 52.9 Å². The fraction of sp³-hybridized carbons (Fsp3) is 0.158. The van der Waals surface area contributed by atoms with Crippen molar-refractivity contribution in [1.29, 1.82) is 0 Å². The van der Waals surface area contributed by atoms with E-state index in [1.165, 1.54) is 0 Å². The quantitative estimate of drug-likeness (QED) is 0.726. The Kier molecular flexibility index (Phi) is 4.18. The van der Waals surface area contributed by atoms with Gasteiger partial charge >= 0.3 is 5.97 Å². The summed E-state index contributed by atoms with van der Waals surface area (Å²) in [6.45, 7) is 0.528. The Balaban J connectivity index is 1.35. The molecule has 3 aromatic rings. The fourth-order valence-corrected chi connectivity index (χ4v) is 2.60. The number of amides is 1. The molecule has 0 radical (unpaired) electrons. The van der Waals surface area contributed by atoms with E-state index in [-0.39, 0.29) is 5.76 Å². The smallest absolute Gasteiger partial charge is 0.374 e. The van der Waals surface area contributed by atoms with E-state index in [2.05, 4.69) is 5.32 Å². The largest absolute Gasteiger partial charge is 0.486 e. The van der Waals surface area contributed by atoms with Crippen LogP contribution in [0.3, 0.4) is 0 Å². The number of nitrogens with one attached hydrogen (secondary N) is 1. The van der Waals surface area contributed by atoms with Crippen molar-refractivity contribution in [3.63, 3.8) is 0 Å². The predicted octanol–water partition coefficient (Wildman–Crippen LogP) is 3.00. The number of para-hydroxylation sites is 1. The van der Waals surface area contributed by atoms with Crippen LogP contribution < -0.4 is 14.8 Å². The zero-order valence-corrected chi connectivity index (χ0v) is 13.7. The van der Waals surface area contributed by atoms with Crippen LogP contribution in [-0.4, -0.2) is 31.7 Å². The average molecular weight is 353 g/mol. The molecule has 1 aliphatic rings. The monoisotopic (exact) mass is 353 g/mol. The average Bonchev–Trinajstić information content (AvgIpc) is 3.10. The Morgan fingerprint density at radius 2 is 1.81 bits per heavy atom. The molecule has 26 heavy (non-hydrogen) atoms. The van der Waals surface area contributed by atoms with Gasteiger partial charge in [-0.2, -0.15) is 0 Å². The third-order valence-electron chi connectivity index (χ3n) is 3.79. The number of carbonyl (C=O) groups excluding carboxylic acids is 2. The van der Waals surface area contributed by atoms with Crippen molar-refractivity contribution >= 4 is 28.5 Å². The third-order valence-corrected chi connectivity index (χ3v) is 3.79. The van der Waals surface area contributed by atoms with Crippen LogP contribution in [-0.2, 0) is 9.53 Å². The Hall–Kier alpha value is -3.48. The maximum absolute atomic E-state index is 12.0. The predicted molar refractivity (Wildman–Crippen MR) is 92.6 cm³/mol. The summed E-state index contributed by atoms with van der Waals surface area (Å²) in [5, 5.41) is 3.43. The molecular formula is C19H15NO6. The molecule has 7 heteroatoms. The first kappa shape index (κ1) is 16.0. The lowest BCUT2D eigenvalue weighted by molar-refractivity contribution is -0.119. The molecule has 2 heterocycles. The highest BCUT2D eigenvalue weighted by Gasteiger charge is 2.16. The minimum atomic E-state index is -0.696. The minimum absolute atomic E-state index is 0.0540. The van der Waals surface area contributed by atoms with Crippen LogP contribution in [0.5, 0.6) is 11.5 Å². The SMILES string of the molecule is O=C(COC(=O)c1cc2ccccc2o1)Nc1ccc2c(c1)OCCO2. The summed E-state index contributed by atoms with van der Waals surface area (Å²) in [6.07, 6.45) is 0. The van der Waals surface area contributed by atoms with Gasteiger partial charge in [-0.15, -0.1) is 0 Å². The van der Waals surface area contributed by atoms with E-state index in [4.69, 9.17) is 18.6 Å². The molecule has 0 unspecified atom stereocenters. The van der Waals surface area contributed by atoms with Gasteiger partial charge in [-0.25, -0.2) is 4.79 Å². The lowest BCUT2D eigenvalue weighted by Gasteiger charge is -2.18. The van der Waals surface area contributed by atoms with E-state index >= 15 is 0 Å². The molecule has 2 aromatic carbocycles. The molecule has 0 saturated carbocycles. The van der Waals surface area contributed by atoms with Crippen molar-refractivity contribution in [2.45, 2.75) is 0 Å². The van der Waals surface area contributed by atoms with Gasteiger partial charge in [-0.3, -0.25) is 4.79 Å². The van der Waals surface area contributed by atoms with Gasteiger partial charge in [0.15, 0.2) is 18.1 Å². The van der Waals surface area contributed by atoms with Crippen LogP contribution in [0, 0.1) is 0 Å². The topological polar surface area (TPSA) is 87.0 Å². The summed E-state index contributed by atoms with van der Waals surface area (Å²) in [6, 6.07) is 13.9. The lowest BCUT2D eigenvalue weighted by Crippen LogP contribution is -2.21. The van der Waals surface area contributed by atoms with Gasteiger partial charge in [0.05, 0.1) is 0 Å². The summed E-state index contributed by atoms with van der Waals surface area (Å²) in [7, 11) is 0. The molecule has 132 valence electrons. The molecular weight excluding hydrogens is 338 g/mol. The number of hydrogen-bond donors (Lipinski definition) is 1. The van der Waals surface area contributed by atoms with Crippen molar-refractivity contribution in [3.05, 3.63) is 54.3 Å². The number of benzene rings is 2. The first-order valence-corrected chi connectivity index (χ1v) is 8.04. The number of rotatable bonds is 4. The van der Waals surface area contributed by atoms with Gasteiger partial charge in [0, 0.05) is 17.1 Å². The second kappa shape index (κ2) is 6.79. The van der Waals surface area contributed by atoms with Gasteiger partial charge in [0.2, 0.25) is 5.76 Å². The van der Waals surface area contributed by atoms with Gasteiger partial charge in [-0.1, -0.05) is 18.2 Å². The maximum Gasteiger partial charge on any atom is 0.374 e. The standard InChI is InChI=1S/C19H15NO6/c21-18(20-13-5-6-15-16(10-13)24-8-7-23-15)11-25-19(22)17-9-12-3-1-2-4-14(12)26-17/h1-6,9-10H,7-8,11H2,(H,20,21). The highest BCUT2D eigenvalue weighted by atomic mass is 16.6. The van der Waals surface area contributed by atoms with Crippen molar-refractivity contribution in [3.8, 4) is 11.5 Å². The molecule has 1 N–H and O–H groups in total. The summed E-state index contributed by atoms with van der Waals surface area (Å²) >= 11 is 0. The number of carbonyl (C=O) groups is 2. The molecule has 1 aliphatic heterocycles. The van der Waals surface area contributed by atoms with Crippen molar-refractivity contribution in [2.24, 2.45) is 0 Å². The zero-order chi connectivity index (χ0) is 17.9. The summed E-state index contributed by atoms with van der Waals surface area (Å²) in [5.74, 6) is 0.0851. The minimum Gasteiger partial charge on any atom is -0.486 e. The summed E-state index contributed by atoms with van der Waals surface area (Å²) in [5.41, 5.74) is 1.11. The molecule has 0 bridgehead atoms. The highest BCUT2D eigenvalue weighted by Crippen LogP contribution is 2.32. The Labute approximate surface area is 148 Å². The second-order valence-electron chi connectivity index (χ2n) is 5.63. The zero-order valence-electron chi connectivity index (χ0n) is 13.7. The summed E-state index contributed by atoms with van der Waals surface area (Å²) in [4.78, 5) is 24.0. The van der Waals surface area contributed by atoms with Crippen LogP contribution in [0.25, 0.3) is 11.0 Å². The fourth-order valence-electron chi connectivity index (χ4n) is 2.60. The Bertz CT molecular complexity index is 944. The number of fused-ring (bicyclic) bond motifs is 2. The highest BCUT2D eigenvalue weighted by molar-refractivity contribution is 5.96. The van der Waals surface area contributed by atoms with Gasteiger partial charge < -0.3 is 23.9 Å². The molecule has 1 aromatic heterocycles. The number of hydrogen-bond acceptors (Lipinski definition) is 6. The number of furan rings is 1. The molecule has 1 amide bonds. The number of anilines is 1. The van der Waals surface area contributed by atoms with E-state index in [0.717, 1.165) is 5.39 Å². The lowest BCUT2D eigenvalue weighted by atomic mass is 10.2. The van der Waals surface area contributed by atoms with E-state index in [1.807, 2.05) is 18.2 Å². The molecule has 0 spiro atoms. The Morgan fingerprint density at radius 1 is 1.00 bits per heavy atom. The molecule has 4 rings (SSSR count). The first-order valence-electron chi connectivity index (χ1n) is 8.04. The van der Waals surface area contributed by atoms with Crippen molar-refractivity contribution in [1.82, 2.24) is 0 Å². The van der Waals surface area contributed by atoms with Gasteiger partial charge in [0.1, 0.15) is 18.8 Å². The summed E-state index contributed by atoms with van der Waals surface area (Å²) < 4.78 is 21.3. The van der Waals surface area contributed by atoms with Gasteiger partial charge in [-0.05, 0) is 24.3 Å². The van der Waals surface area contributed by atoms with Crippen LogP contribution in [0.2, 0.25) is 0 Å². The molecule has 0 atom stereocenters. The first-order chi connectivity index (χ1) is 12.7. The van der Waals surface area contributed by atoms with E-state index in [0.29, 0.717) is 36.0 Å².